The van der Waals surface area contributed by atoms with Crippen LogP contribution in [0.5, 0.6) is 0 Å². The Morgan fingerprint density at radius 2 is 1.86 bits per heavy atom. The Bertz CT molecular complexity index is 315. The maximum absolute atomic E-state index is 12.0. The van der Waals surface area contributed by atoms with Crippen molar-refractivity contribution < 1.29 is 4.79 Å². The lowest BCUT2D eigenvalue weighted by Crippen LogP contribution is -2.34. The molecule has 3 rings (SSSR count). The van der Waals surface area contributed by atoms with Gasteiger partial charge in [-0.3, -0.25) is 4.79 Å². The van der Waals surface area contributed by atoms with Crippen LogP contribution in [0.3, 0.4) is 0 Å². The van der Waals surface area contributed by atoms with E-state index >= 15 is 0 Å². The van der Waals surface area contributed by atoms with Crippen molar-refractivity contribution >= 4 is 5.91 Å². The van der Waals surface area contributed by atoms with E-state index in [0.717, 1.165) is 37.8 Å². The van der Waals surface area contributed by atoms with Crippen LogP contribution >= 0.6 is 0 Å². The van der Waals surface area contributed by atoms with E-state index in [9.17, 15) is 4.79 Å². The number of fused-ring (bicyclic) bond motifs is 1. The smallest absolute Gasteiger partial charge is 0.243 e. The zero-order chi connectivity index (χ0) is 9.76. The average molecular weight is 190 g/mol. The van der Waals surface area contributed by atoms with Crippen LogP contribution in [0.1, 0.15) is 25.7 Å². The molecule has 1 aliphatic heterocycles. The van der Waals surface area contributed by atoms with E-state index in [0.29, 0.717) is 0 Å². The zero-order valence-corrected chi connectivity index (χ0v) is 8.20. The van der Waals surface area contributed by atoms with Gasteiger partial charge in [0, 0.05) is 13.1 Å². The summed E-state index contributed by atoms with van der Waals surface area (Å²) in [5.74, 6) is 1.64. The van der Waals surface area contributed by atoms with Crippen molar-refractivity contribution in [2.75, 3.05) is 13.1 Å². The van der Waals surface area contributed by atoms with Gasteiger partial charge in [-0.2, -0.15) is 5.26 Å². The highest BCUT2D eigenvalue weighted by Crippen LogP contribution is 2.49. The summed E-state index contributed by atoms with van der Waals surface area (Å²) in [5.41, 5.74) is -0.593. The summed E-state index contributed by atoms with van der Waals surface area (Å²) in [5, 5.41) is 8.94. The van der Waals surface area contributed by atoms with Gasteiger partial charge >= 0.3 is 0 Å². The number of carbonyl (C=O) groups is 1. The molecular weight excluding hydrogens is 176 g/mol. The predicted octanol–water partition coefficient (Wildman–Crippen LogP) is 1.16. The van der Waals surface area contributed by atoms with E-state index in [1.165, 1.54) is 12.8 Å². The second kappa shape index (κ2) is 2.50. The first-order valence-corrected chi connectivity index (χ1v) is 5.46. The van der Waals surface area contributed by atoms with Gasteiger partial charge in [-0.25, -0.2) is 0 Å². The third-order valence-corrected chi connectivity index (χ3v) is 4.15. The van der Waals surface area contributed by atoms with Crippen LogP contribution in [0.25, 0.3) is 0 Å². The molecular formula is C11H14N2O. The highest BCUT2D eigenvalue weighted by Gasteiger charge is 2.54. The Kier molecular flexibility index (Phi) is 1.48. The molecule has 2 unspecified atom stereocenters. The molecule has 0 aromatic carbocycles. The van der Waals surface area contributed by atoms with E-state index in [1.54, 1.807) is 0 Å². The van der Waals surface area contributed by atoms with Crippen LogP contribution in [0.2, 0.25) is 0 Å². The van der Waals surface area contributed by atoms with Crippen molar-refractivity contribution in [3.63, 3.8) is 0 Å². The summed E-state index contributed by atoms with van der Waals surface area (Å²) in [4.78, 5) is 13.9. The Labute approximate surface area is 83.7 Å². The molecule has 14 heavy (non-hydrogen) atoms. The molecule has 0 spiro atoms. The fourth-order valence-electron chi connectivity index (χ4n) is 2.73. The molecule has 74 valence electrons. The lowest BCUT2D eigenvalue weighted by atomic mass is 9.77. The first-order chi connectivity index (χ1) is 6.75. The summed E-state index contributed by atoms with van der Waals surface area (Å²) in [6, 6.07) is 2.19. The minimum Gasteiger partial charge on any atom is -0.341 e. The van der Waals surface area contributed by atoms with Crippen LogP contribution < -0.4 is 0 Å². The Hall–Kier alpha value is -1.04. The largest absolute Gasteiger partial charge is 0.341 e. The molecule has 2 aliphatic carbocycles. The van der Waals surface area contributed by atoms with Gasteiger partial charge in [0.1, 0.15) is 5.41 Å². The predicted molar refractivity (Wildman–Crippen MR) is 50.1 cm³/mol. The molecule has 1 saturated heterocycles. The van der Waals surface area contributed by atoms with Gasteiger partial charge in [0.15, 0.2) is 0 Å². The van der Waals surface area contributed by atoms with E-state index in [-0.39, 0.29) is 5.91 Å². The van der Waals surface area contributed by atoms with E-state index in [1.807, 2.05) is 4.90 Å². The molecule has 0 N–H and O–H groups in total. The number of nitrogens with zero attached hydrogens (tertiary/aromatic N) is 2. The second-order valence-electron chi connectivity index (χ2n) is 5.00. The third-order valence-electron chi connectivity index (χ3n) is 4.15. The molecule has 3 fully saturated rings. The molecule has 3 aliphatic rings. The fraction of sp³-hybridized carbons (Fsp3) is 0.818. The van der Waals surface area contributed by atoms with Gasteiger partial charge < -0.3 is 4.90 Å². The fourth-order valence-corrected chi connectivity index (χ4v) is 2.73. The van der Waals surface area contributed by atoms with Crippen LogP contribution in [0.4, 0.5) is 0 Å². The summed E-state index contributed by atoms with van der Waals surface area (Å²) >= 11 is 0. The number of rotatable bonds is 1. The van der Waals surface area contributed by atoms with Crippen molar-refractivity contribution in [1.29, 1.82) is 5.26 Å². The van der Waals surface area contributed by atoms with Crippen LogP contribution in [-0.4, -0.2) is 23.9 Å². The van der Waals surface area contributed by atoms with Crippen LogP contribution in [0.15, 0.2) is 0 Å². The number of carbonyl (C=O) groups excluding carboxylic acids is 1. The zero-order valence-electron chi connectivity index (χ0n) is 8.20. The molecule has 2 saturated carbocycles. The number of amides is 1. The normalized spacial score (nSPS) is 36.9. The number of likely N-dealkylation sites (tertiary alicyclic amines) is 1. The Morgan fingerprint density at radius 3 is 2.21 bits per heavy atom. The SMILES string of the molecule is N#CC1(C(=O)N2CC3CCC3C2)CC1. The van der Waals surface area contributed by atoms with Crippen molar-refractivity contribution in [3.8, 4) is 6.07 Å². The molecule has 2 atom stereocenters. The third kappa shape index (κ3) is 0.943. The highest BCUT2D eigenvalue weighted by molar-refractivity contribution is 5.88. The maximum Gasteiger partial charge on any atom is 0.243 e. The summed E-state index contributed by atoms with van der Waals surface area (Å²) in [6.45, 7) is 1.85. The van der Waals surface area contributed by atoms with Crippen molar-refractivity contribution in [3.05, 3.63) is 0 Å². The van der Waals surface area contributed by atoms with E-state index in [2.05, 4.69) is 6.07 Å². The van der Waals surface area contributed by atoms with Gasteiger partial charge in [0.25, 0.3) is 0 Å². The molecule has 0 bridgehead atoms. The second-order valence-corrected chi connectivity index (χ2v) is 5.00. The maximum atomic E-state index is 12.0. The lowest BCUT2D eigenvalue weighted by molar-refractivity contribution is -0.134. The summed E-state index contributed by atoms with van der Waals surface area (Å²) in [7, 11) is 0. The minimum atomic E-state index is -0.593. The quantitative estimate of drug-likeness (QED) is 0.622. The molecule has 0 aromatic rings. The first kappa shape index (κ1) is 8.28. The molecule has 3 nitrogen and oxygen atoms in total. The summed E-state index contributed by atoms with van der Waals surface area (Å²) < 4.78 is 0. The van der Waals surface area contributed by atoms with E-state index in [4.69, 9.17) is 5.26 Å². The van der Waals surface area contributed by atoms with Crippen LogP contribution in [0, 0.1) is 28.6 Å². The van der Waals surface area contributed by atoms with Gasteiger partial charge in [0.05, 0.1) is 6.07 Å². The lowest BCUT2D eigenvalue weighted by Gasteiger charge is -2.27. The standard InChI is InChI=1S/C11H14N2O/c12-7-11(3-4-11)10(14)13-5-8-1-2-9(8)6-13/h8-9H,1-6H2. The van der Waals surface area contributed by atoms with Crippen molar-refractivity contribution in [1.82, 2.24) is 4.90 Å². The molecule has 0 aromatic heterocycles. The Morgan fingerprint density at radius 1 is 1.29 bits per heavy atom. The molecule has 1 heterocycles. The van der Waals surface area contributed by atoms with Crippen LogP contribution in [-0.2, 0) is 4.79 Å². The Balaban J connectivity index is 1.72. The average Bonchev–Trinajstić information content (AvgIpc) is 2.91. The molecule has 1 amide bonds. The van der Waals surface area contributed by atoms with Gasteiger partial charge in [-0.1, -0.05) is 0 Å². The van der Waals surface area contributed by atoms with Crippen molar-refractivity contribution in [2.45, 2.75) is 25.7 Å². The number of hydrogen-bond donors (Lipinski definition) is 0. The molecule has 0 radical (unpaired) electrons. The minimum absolute atomic E-state index is 0.120. The highest BCUT2D eigenvalue weighted by atomic mass is 16.2. The monoisotopic (exact) mass is 190 g/mol. The van der Waals surface area contributed by atoms with Gasteiger partial charge in [-0.05, 0) is 37.5 Å². The first-order valence-electron chi connectivity index (χ1n) is 5.46. The number of nitriles is 1. The summed E-state index contributed by atoms with van der Waals surface area (Å²) in [6.07, 6.45) is 4.14. The van der Waals surface area contributed by atoms with Gasteiger partial charge in [-0.15, -0.1) is 0 Å². The molecule has 3 heteroatoms. The number of hydrogen-bond acceptors (Lipinski definition) is 2. The van der Waals surface area contributed by atoms with E-state index < -0.39 is 5.41 Å². The van der Waals surface area contributed by atoms with Crippen molar-refractivity contribution in [2.24, 2.45) is 17.3 Å². The van der Waals surface area contributed by atoms with Gasteiger partial charge in [0.2, 0.25) is 5.91 Å². The topological polar surface area (TPSA) is 44.1 Å².